The zero-order valence-corrected chi connectivity index (χ0v) is 13.6. The molecule has 25 heavy (non-hydrogen) atoms. The van der Waals surface area contributed by atoms with Crippen LogP contribution in [0.5, 0.6) is 0 Å². The Morgan fingerprint density at radius 1 is 1.20 bits per heavy atom. The quantitative estimate of drug-likeness (QED) is 0.665. The average Bonchev–Trinajstić information content (AvgIpc) is 3.09. The van der Waals surface area contributed by atoms with Gasteiger partial charge in [0.05, 0.1) is 11.9 Å². The third kappa shape index (κ3) is 4.05. The Morgan fingerprint density at radius 3 is 2.60 bits per heavy atom. The highest BCUT2D eigenvalue weighted by molar-refractivity contribution is 6.02. The molecular weight excluding hydrogens is 316 g/mol. The van der Waals surface area contributed by atoms with Crippen LogP contribution in [-0.2, 0) is 9.63 Å². The van der Waals surface area contributed by atoms with Crippen LogP contribution in [0.25, 0.3) is 6.08 Å². The summed E-state index contributed by atoms with van der Waals surface area (Å²) in [6, 6.07) is 18.9. The van der Waals surface area contributed by atoms with Gasteiger partial charge in [-0.25, -0.2) is 5.01 Å². The summed E-state index contributed by atoms with van der Waals surface area (Å²) in [5, 5.41) is 13.4. The summed E-state index contributed by atoms with van der Waals surface area (Å²) in [5.74, 6) is -0.329. The fourth-order valence-electron chi connectivity index (χ4n) is 2.20. The number of hydrazine groups is 1. The predicted octanol–water partition coefficient (Wildman–Crippen LogP) is 2.77. The van der Waals surface area contributed by atoms with Gasteiger partial charge in [-0.05, 0) is 30.7 Å². The summed E-state index contributed by atoms with van der Waals surface area (Å²) in [6.07, 6.45) is 3.12. The molecule has 0 aliphatic carbocycles. The van der Waals surface area contributed by atoms with E-state index in [1.54, 1.807) is 11.2 Å². The van der Waals surface area contributed by atoms with Crippen molar-refractivity contribution in [2.75, 3.05) is 5.01 Å². The number of anilines is 1. The van der Waals surface area contributed by atoms with Gasteiger partial charge in [-0.1, -0.05) is 53.6 Å². The van der Waals surface area contributed by atoms with Crippen LogP contribution in [0.15, 0.2) is 72.3 Å². The van der Waals surface area contributed by atoms with Crippen LogP contribution >= 0.6 is 0 Å². The van der Waals surface area contributed by atoms with Crippen molar-refractivity contribution >= 4 is 17.7 Å². The largest absolute Gasteiger partial charge is 0.369 e. The summed E-state index contributed by atoms with van der Waals surface area (Å²) in [4.78, 5) is 17.5. The minimum Gasteiger partial charge on any atom is -0.369 e. The normalized spacial score (nSPS) is 13.7. The lowest BCUT2D eigenvalue weighted by Crippen LogP contribution is -2.28. The van der Waals surface area contributed by atoms with Gasteiger partial charge in [0.25, 0.3) is 5.91 Å². The summed E-state index contributed by atoms with van der Waals surface area (Å²) in [7, 11) is 0. The number of rotatable bonds is 4. The number of nitrogens with one attached hydrogen (secondary N) is 2. The fraction of sp³-hybridized carbons (Fsp3) is 0.0526. The Morgan fingerprint density at radius 2 is 1.92 bits per heavy atom. The highest BCUT2D eigenvalue weighted by Crippen LogP contribution is 2.18. The summed E-state index contributed by atoms with van der Waals surface area (Å²) in [5.41, 5.74) is 5.44. The van der Waals surface area contributed by atoms with Gasteiger partial charge in [-0.3, -0.25) is 10.1 Å². The average molecular weight is 332 g/mol. The van der Waals surface area contributed by atoms with Crippen LogP contribution in [0.2, 0.25) is 0 Å². The number of hydrogen-bond acceptors (Lipinski definition) is 5. The first-order valence-electron chi connectivity index (χ1n) is 7.64. The van der Waals surface area contributed by atoms with Gasteiger partial charge in [0.1, 0.15) is 11.6 Å². The Balaban J connectivity index is 1.70. The fourth-order valence-corrected chi connectivity index (χ4v) is 2.20. The van der Waals surface area contributed by atoms with E-state index in [-0.39, 0.29) is 11.5 Å². The molecule has 0 radical (unpaired) electrons. The lowest BCUT2D eigenvalue weighted by molar-refractivity contribution is -0.117. The number of carbonyl (C=O) groups excluding carboxylic acids is 1. The van der Waals surface area contributed by atoms with Gasteiger partial charge in [0.2, 0.25) is 5.88 Å². The molecule has 1 amide bonds. The summed E-state index contributed by atoms with van der Waals surface area (Å²) < 4.78 is 0. The van der Waals surface area contributed by atoms with E-state index in [0.717, 1.165) is 16.8 Å². The number of carbonyl (C=O) groups is 1. The maximum absolute atomic E-state index is 12.3. The molecule has 1 aliphatic heterocycles. The summed E-state index contributed by atoms with van der Waals surface area (Å²) in [6.45, 7) is 2.00. The van der Waals surface area contributed by atoms with Gasteiger partial charge in [0, 0.05) is 0 Å². The second-order valence-corrected chi connectivity index (χ2v) is 5.43. The van der Waals surface area contributed by atoms with Crippen molar-refractivity contribution in [2.45, 2.75) is 6.92 Å². The van der Waals surface area contributed by atoms with Gasteiger partial charge >= 0.3 is 0 Å². The highest BCUT2D eigenvalue weighted by Gasteiger charge is 2.19. The molecule has 0 saturated carbocycles. The topological polar surface area (TPSA) is 77.4 Å². The van der Waals surface area contributed by atoms with E-state index in [2.05, 4.69) is 10.9 Å². The molecule has 6 heteroatoms. The van der Waals surface area contributed by atoms with E-state index in [4.69, 9.17) is 4.84 Å². The van der Waals surface area contributed by atoms with Crippen molar-refractivity contribution in [3.05, 3.63) is 83.4 Å². The van der Waals surface area contributed by atoms with Crippen molar-refractivity contribution in [3.8, 4) is 6.07 Å². The number of amides is 1. The standard InChI is InChI=1S/C19H16N4O2/c1-14-7-9-17(10-8-14)23-13-18(25-22-23)21-19(24)16(12-20)11-15-5-3-2-4-6-15/h2-11,13,22H,1H3,(H,21,24)/b16-11+. The van der Waals surface area contributed by atoms with Gasteiger partial charge in [0.15, 0.2) is 0 Å². The van der Waals surface area contributed by atoms with E-state index in [0.29, 0.717) is 0 Å². The van der Waals surface area contributed by atoms with E-state index in [1.807, 2.05) is 67.6 Å². The highest BCUT2D eigenvalue weighted by atomic mass is 16.7. The van der Waals surface area contributed by atoms with Crippen LogP contribution < -0.4 is 15.9 Å². The zero-order valence-electron chi connectivity index (χ0n) is 13.6. The number of nitrogens with zero attached hydrogens (tertiary/aromatic N) is 2. The maximum atomic E-state index is 12.3. The molecule has 6 nitrogen and oxygen atoms in total. The molecule has 2 aromatic carbocycles. The molecule has 0 bridgehead atoms. The molecule has 0 aromatic heterocycles. The van der Waals surface area contributed by atoms with E-state index < -0.39 is 5.91 Å². The van der Waals surface area contributed by atoms with Crippen LogP contribution in [0.1, 0.15) is 11.1 Å². The molecule has 3 rings (SSSR count). The number of hydrogen-bond donors (Lipinski definition) is 2. The first-order chi connectivity index (χ1) is 12.2. The number of nitriles is 1. The van der Waals surface area contributed by atoms with E-state index in [9.17, 15) is 10.1 Å². The molecule has 0 unspecified atom stereocenters. The smallest absolute Gasteiger partial charge is 0.268 e. The zero-order chi connectivity index (χ0) is 17.6. The predicted molar refractivity (Wildman–Crippen MR) is 94.1 cm³/mol. The summed E-state index contributed by atoms with van der Waals surface area (Å²) >= 11 is 0. The van der Waals surface area contributed by atoms with Crippen LogP contribution in [0.4, 0.5) is 5.69 Å². The molecule has 2 aromatic rings. The molecule has 0 atom stereocenters. The first kappa shape index (κ1) is 16.3. The van der Waals surface area contributed by atoms with Crippen LogP contribution in [0, 0.1) is 18.3 Å². The van der Waals surface area contributed by atoms with Crippen molar-refractivity contribution in [1.29, 1.82) is 5.26 Å². The lowest BCUT2D eigenvalue weighted by Gasteiger charge is -2.13. The Bertz CT molecular complexity index is 865. The van der Waals surface area contributed by atoms with Crippen molar-refractivity contribution in [1.82, 2.24) is 10.9 Å². The molecule has 2 N–H and O–H groups in total. The third-order valence-corrected chi connectivity index (χ3v) is 3.52. The monoisotopic (exact) mass is 332 g/mol. The third-order valence-electron chi connectivity index (χ3n) is 3.52. The van der Waals surface area contributed by atoms with Crippen molar-refractivity contribution in [2.24, 2.45) is 0 Å². The number of benzene rings is 2. The number of aryl methyl sites for hydroxylation is 1. The van der Waals surface area contributed by atoms with Gasteiger partial charge in [-0.2, -0.15) is 5.26 Å². The maximum Gasteiger partial charge on any atom is 0.268 e. The van der Waals surface area contributed by atoms with E-state index >= 15 is 0 Å². The second-order valence-electron chi connectivity index (χ2n) is 5.43. The SMILES string of the molecule is Cc1ccc(N2C=C(NC(=O)/C(C#N)=C/c3ccccc3)ON2)cc1. The molecule has 1 heterocycles. The molecule has 0 spiro atoms. The van der Waals surface area contributed by atoms with Gasteiger partial charge in [-0.15, -0.1) is 0 Å². The van der Waals surface area contributed by atoms with Crippen molar-refractivity contribution in [3.63, 3.8) is 0 Å². The Labute approximate surface area is 145 Å². The van der Waals surface area contributed by atoms with E-state index in [1.165, 1.54) is 6.08 Å². The molecule has 124 valence electrons. The Kier molecular flexibility index (Phi) is 4.79. The first-order valence-corrected chi connectivity index (χ1v) is 7.64. The molecule has 0 fully saturated rings. The van der Waals surface area contributed by atoms with Crippen LogP contribution in [-0.4, -0.2) is 5.91 Å². The molecule has 0 saturated heterocycles. The lowest BCUT2D eigenvalue weighted by atomic mass is 10.1. The minimum atomic E-state index is -0.537. The van der Waals surface area contributed by atoms with Crippen molar-refractivity contribution < 1.29 is 9.63 Å². The van der Waals surface area contributed by atoms with Crippen LogP contribution in [0.3, 0.4) is 0 Å². The molecule has 1 aliphatic rings. The second kappa shape index (κ2) is 7.34. The minimum absolute atomic E-state index is 0.00974. The molecular formula is C19H16N4O2. The van der Waals surface area contributed by atoms with Gasteiger partial charge < -0.3 is 4.84 Å². The Hall–Kier alpha value is -3.56.